The maximum absolute atomic E-state index is 12.3. The van der Waals surface area contributed by atoms with Crippen LogP contribution in [0.5, 0.6) is 0 Å². The number of alkyl carbamates (subject to hydrolysis) is 1. The van der Waals surface area contributed by atoms with Gasteiger partial charge in [-0.25, -0.2) is 4.79 Å². The Morgan fingerprint density at radius 3 is 2.69 bits per heavy atom. The van der Waals surface area contributed by atoms with E-state index in [1.54, 1.807) is 20.8 Å². The molecule has 0 bridgehead atoms. The average molecular weight is 362 g/mol. The van der Waals surface area contributed by atoms with Crippen molar-refractivity contribution in [1.82, 2.24) is 5.32 Å². The number of nitrogens with one attached hydrogen (secondary N) is 2. The highest BCUT2D eigenvalue weighted by atomic mass is 16.6. The van der Waals surface area contributed by atoms with Gasteiger partial charge in [0.05, 0.1) is 6.42 Å². The van der Waals surface area contributed by atoms with Gasteiger partial charge in [0.2, 0.25) is 5.91 Å². The van der Waals surface area contributed by atoms with E-state index in [-0.39, 0.29) is 12.3 Å². The van der Waals surface area contributed by atoms with Crippen molar-refractivity contribution in [2.24, 2.45) is 5.92 Å². The smallest absolute Gasteiger partial charge is 0.410 e. The monoisotopic (exact) mass is 362 g/mol. The van der Waals surface area contributed by atoms with Crippen LogP contribution in [0.2, 0.25) is 0 Å². The normalized spacial score (nSPS) is 18.0. The number of anilines is 1. The number of esters is 1. The minimum Gasteiger partial charge on any atom is -0.444 e. The highest BCUT2D eigenvalue weighted by Crippen LogP contribution is 2.26. The Balaban J connectivity index is 1.84. The lowest BCUT2D eigenvalue weighted by atomic mass is 9.97. The second-order valence-electron chi connectivity index (χ2n) is 7.36. The van der Waals surface area contributed by atoms with Crippen molar-refractivity contribution in [1.29, 1.82) is 0 Å². The Morgan fingerprint density at radius 2 is 2.00 bits per heavy atom. The molecule has 7 heteroatoms. The zero-order valence-corrected chi connectivity index (χ0v) is 15.6. The third kappa shape index (κ3) is 6.06. The average Bonchev–Trinajstić information content (AvgIpc) is 2.64. The third-order valence-corrected chi connectivity index (χ3v) is 3.85. The molecular formula is C19H26N2O5. The van der Waals surface area contributed by atoms with E-state index in [9.17, 15) is 14.4 Å². The number of amides is 2. The summed E-state index contributed by atoms with van der Waals surface area (Å²) >= 11 is 0. The summed E-state index contributed by atoms with van der Waals surface area (Å²) in [6, 6.07) is 7.59. The highest BCUT2D eigenvalue weighted by Gasteiger charge is 2.27. The maximum Gasteiger partial charge on any atom is 0.410 e. The van der Waals surface area contributed by atoms with Gasteiger partial charge in [-0.15, -0.1) is 0 Å². The Morgan fingerprint density at radius 1 is 1.31 bits per heavy atom. The van der Waals surface area contributed by atoms with Crippen LogP contribution in [0.25, 0.3) is 0 Å². The molecule has 0 saturated carbocycles. The number of fused-ring (bicyclic) bond motifs is 1. The molecule has 0 aliphatic carbocycles. The van der Waals surface area contributed by atoms with Crippen molar-refractivity contribution in [3.8, 4) is 0 Å². The molecule has 26 heavy (non-hydrogen) atoms. The van der Waals surface area contributed by atoms with Crippen molar-refractivity contribution >= 4 is 23.7 Å². The van der Waals surface area contributed by atoms with Gasteiger partial charge < -0.3 is 14.8 Å². The summed E-state index contributed by atoms with van der Waals surface area (Å²) < 4.78 is 10.3. The lowest BCUT2D eigenvalue weighted by Crippen LogP contribution is -2.40. The second-order valence-corrected chi connectivity index (χ2v) is 7.36. The van der Waals surface area contributed by atoms with Gasteiger partial charge >= 0.3 is 12.1 Å². The SMILES string of the molecule is CC(NC(=O)OC(C)(C)C)OC(=O)CC1CCc2ccccc2NC1=O. The molecule has 0 spiro atoms. The summed E-state index contributed by atoms with van der Waals surface area (Å²) in [7, 11) is 0. The molecule has 1 aliphatic rings. The fraction of sp³-hybridized carbons (Fsp3) is 0.526. The number of para-hydroxylation sites is 1. The first-order valence-electron chi connectivity index (χ1n) is 8.72. The number of hydrogen-bond donors (Lipinski definition) is 2. The van der Waals surface area contributed by atoms with Gasteiger partial charge in [-0.1, -0.05) is 18.2 Å². The molecule has 1 aromatic rings. The highest BCUT2D eigenvalue weighted by molar-refractivity contribution is 5.95. The first kappa shape index (κ1) is 19.8. The molecule has 7 nitrogen and oxygen atoms in total. The van der Waals surface area contributed by atoms with Crippen molar-refractivity contribution < 1.29 is 23.9 Å². The molecule has 2 amide bonds. The van der Waals surface area contributed by atoms with Gasteiger partial charge in [-0.2, -0.15) is 0 Å². The van der Waals surface area contributed by atoms with Crippen molar-refractivity contribution in [2.45, 2.75) is 58.8 Å². The molecule has 2 N–H and O–H groups in total. The Hall–Kier alpha value is -2.57. The van der Waals surface area contributed by atoms with Gasteiger partial charge in [-0.3, -0.25) is 14.9 Å². The molecule has 2 atom stereocenters. The second kappa shape index (κ2) is 8.21. The lowest BCUT2D eigenvalue weighted by molar-refractivity contribution is -0.151. The van der Waals surface area contributed by atoms with Crippen LogP contribution in [-0.2, 0) is 25.5 Å². The van der Waals surface area contributed by atoms with E-state index >= 15 is 0 Å². The number of ether oxygens (including phenoxy) is 2. The molecule has 142 valence electrons. The predicted octanol–water partition coefficient (Wildman–Crippen LogP) is 2.99. The molecule has 2 unspecified atom stereocenters. The first-order valence-corrected chi connectivity index (χ1v) is 8.72. The van der Waals surface area contributed by atoms with E-state index in [0.717, 1.165) is 11.3 Å². The Kier molecular flexibility index (Phi) is 6.23. The van der Waals surface area contributed by atoms with E-state index in [4.69, 9.17) is 9.47 Å². The summed E-state index contributed by atoms with van der Waals surface area (Å²) in [6.45, 7) is 6.76. The van der Waals surface area contributed by atoms with Gasteiger partial charge in [0.1, 0.15) is 5.60 Å². The largest absolute Gasteiger partial charge is 0.444 e. The number of rotatable bonds is 4. The quantitative estimate of drug-likeness (QED) is 0.634. The molecular weight excluding hydrogens is 336 g/mol. The van der Waals surface area contributed by atoms with Crippen molar-refractivity contribution in [2.75, 3.05) is 5.32 Å². The number of carbonyl (C=O) groups is 3. The topological polar surface area (TPSA) is 93.7 Å². The predicted molar refractivity (Wildman–Crippen MR) is 96.4 cm³/mol. The van der Waals surface area contributed by atoms with Gasteiger partial charge in [-0.05, 0) is 52.2 Å². The molecule has 0 fully saturated rings. The minimum absolute atomic E-state index is 0.0415. The molecule has 0 aromatic heterocycles. The van der Waals surface area contributed by atoms with E-state index in [1.807, 2.05) is 24.3 Å². The zero-order valence-electron chi connectivity index (χ0n) is 15.6. The fourth-order valence-electron chi connectivity index (χ4n) is 2.70. The molecule has 0 radical (unpaired) electrons. The first-order chi connectivity index (χ1) is 12.1. The van der Waals surface area contributed by atoms with E-state index in [1.165, 1.54) is 6.92 Å². The Bertz CT molecular complexity index is 681. The van der Waals surface area contributed by atoms with E-state index in [2.05, 4.69) is 10.6 Å². The maximum atomic E-state index is 12.3. The van der Waals surface area contributed by atoms with Crippen molar-refractivity contribution in [3.63, 3.8) is 0 Å². The van der Waals surface area contributed by atoms with Crippen LogP contribution in [0.3, 0.4) is 0 Å². The van der Waals surface area contributed by atoms with Crippen LogP contribution in [0, 0.1) is 5.92 Å². The number of aryl methyl sites for hydroxylation is 1. The molecule has 1 aromatic carbocycles. The van der Waals surface area contributed by atoms with E-state index in [0.29, 0.717) is 12.8 Å². The third-order valence-electron chi connectivity index (χ3n) is 3.85. The van der Waals surface area contributed by atoms with Crippen LogP contribution in [-0.4, -0.2) is 29.8 Å². The van der Waals surface area contributed by atoms with Crippen LogP contribution >= 0.6 is 0 Å². The van der Waals surface area contributed by atoms with Gasteiger partial charge in [0.15, 0.2) is 6.23 Å². The summed E-state index contributed by atoms with van der Waals surface area (Å²) in [5, 5.41) is 5.29. The number of hydrogen-bond acceptors (Lipinski definition) is 5. The summed E-state index contributed by atoms with van der Waals surface area (Å²) in [5.41, 5.74) is 1.20. The summed E-state index contributed by atoms with van der Waals surface area (Å²) in [5.74, 6) is -1.21. The lowest BCUT2D eigenvalue weighted by Gasteiger charge is -2.22. The van der Waals surface area contributed by atoms with E-state index < -0.39 is 29.8 Å². The Labute approximate surface area is 153 Å². The standard InChI is InChI=1S/C19H26N2O5/c1-12(20-18(24)26-19(2,3)4)25-16(22)11-14-10-9-13-7-5-6-8-15(13)21-17(14)23/h5-8,12,14H,9-11H2,1-4H3,(H,20,24)(H,21,23). The van der Waals surface area contributed by atoms with Crippen molar-refractivity contribution in [3.05, 3.63) is 29.8 Å². The van der Waals surface area contributed by atoms with Crippen LogP contribution in [0.1, 0.15) is 46.1 Å². The number of carbonyl (C=O) groups excluding carboxylic acids is 3. The number of benzene rings is 1. The van der Waals surface area contributed by atoms with Crippen LogP contribution in [0.15, 0.2) is 24.3 Å². The van der Waals surface area contributed by atoms with Gasteiger partial charge in [0.25, 0.3) is 0 Å². The molecule has 1 heterocycles. The summed E-state index contributed by atoms with van der Waals surface area (Å²) in [6.07, 6.45) is -0.284. The van der Waals surface area contributed by atoms with Gasteiger partial charge in [0, 0.05) is 11.6 Å². The fourth-order valence-corrected chi connectivity index (χ4v) is 2.70. The van der Waals surface area contributed by atoms with Crippen LogP contribution in [0.4, 0.5) is 10.5 Å². The zero-order chi connectivity index (χ0) is 19.3. The van der Waals surface area contributed by atoms with Crippen LogP contribution < -0.4 is 10.6 Å². The summed E-state index contributed by atoms with van der Waals surface area (Å²) in [4.78, 5) is 36.1. The molecule has 0 saturated heterocycles. The molecule has 1 aliphatic heterocycles. The molecule has 2 rings (SSSR count). The minimum atomic E-state index is -0.844.